The number of ketones is 1. The molecule has 1 atom stereocenters. The van der Waals surface area contributed by atoms with Gasteiger partial charge in [0, 0.05) is 26.1 Å². The zero-order chi connectivity index (χ0) is 16.1. The molecule has 0 spiro atoms. The summed E-state index contributed by atoms with van der Waals surface area (Å²) in [7, 11) is 1.66. The normalized spacial score (nSPS) is 24.8. The molecule has 1 unspecified atom stereocenters. The van der Waals surface area contributed by atoms with Gasteiger partial charge in [-0.05, 0) is 48.1 Å². The number of allylic oxidation sites excluding steroid dienone is 1. The van der Waals surface area contributed by atoms with Crippen LogP contribution in [-0.4, -0.2) is 50.6 Å². The Balaban J connectivity index is 1.57. The van der Waals surface area contributed by atoms with Crippen LogP contribution in [0.3, 0.4) is 0 Å². The van der Waals surface area contributed by atoms with Crippen LogP contribution in [0.2, 0.25) is 0 Å². The van der Waals surface area contributed by atoms with Gasteiger partial charge in [-0.2, -0.15) is 0 Å². The largest absolute Gasteiger partial charge is 0.497 e. The third kappa shape index (κ3) is 4.43. The molecular weight excluding hydrogens is 290 g/mol. The number of methoxy groups -OCH3 is 1. The first-order valence-electron chi connectivity index (χ1n) is 8.42. The maximum absolute atomic E-state index is 12.4. The van der Waals surface area contributed by atoms with E-state index in [0.717, 1.165) is 62.6 Å². The second-order valence-electron chi connectivity index (χ2n) is 6.39. The minimum atomic E-state index is 0.310. The van der Waals surface area contributed by atoms with E-state index in [1.807, 2.05) is 30.3 Å². The SMILES string of the molecule is COc1ccc(/C=C2/CCC(CN3CCOCC3)CC2=O)cc1. The van der Waals surface area contributed by atoms with Crippen LogP contribution in [0.4, 0.5) is 0 Å². The minimum Gasteiger partial charge on any atom is -0.497 e. The van der Waals surface area contributed by atoms with Crippen molar-refractivity contribution < 1.29 is 14.3 Å². The van der Waals surface area contributed by atoms with Crippen LogP contribution in [0, 0.1) is 5.92 Å². The van der Waals surface area contributed by atoms with Crippen LogP contribution in [0.5, 0.6) is 5.75 Å². The number of benzene rings is 1. The number of carbonyl (C=O) groups excluding carboxylic acids is 1. The van der Waals surface area contributed by atoms with Crippen molar-refractivity contribution in [3.63, 3.8) is 0 Å². The van der Waals surface area contributed by atoms with Crippen LogP contribution in [0.15, 0.2) is 29.8 Å². The van der Waals surface area contributed by atoms with Gasteiger partial charge in [-0.15, -0.1) is 0 Å². The summed E-state index contributed by atoms with van der Waals surface area (Å²) in [5.74, 6) is 1.65. The Kier molecular flexibility index (Phi) is 5.47. The maximum Gasteiger partial charge on any atom is 0.159 e. The zero-order valence-electron chi connectivity index (χ0n) is 13.8. The van der Waals surface area contributed by atoms with Gasteiger partial charge in [-0.1, -0.05) is 12.1 Å². The highest BCUT2D eigenvalue weighted by Gasteiger charge is 2.25. The van der Waals surface area contributed by atoms with E-state index in [0.29, 0.717) is 18.1 Å². The fourth-order valence-electron chi connectivity index (χ4n) is 3.35. The van der Waals surface area contributed by atoms with E-state index in [4.69, 9.17) is 9.47 Å². The third-order valence-electron chi connectivity index (χ3n) is 4.73. The number of rotatable bonds is 4. The highest BCUT2D eigenvalue weighted by atomic mass is 16.5. The van der Waals surface area contributed by atoms with Crippen LogP contribution in [0.25, 0.3) is 6.08 Å². The van der Waals surface area contributed by atoms with Gasteiger partial charge < -0.3 is 9.47 Å². The monoisotopic (exact) mass is 315 g/mol. The van der Waals surface area contributed by atoms with Crippen molar-refractivity contribution in [2.24, 2.45) is 5.92 Å². The van der Waals surface area contributed by atoms with E-state index >= 15 is 0 Å². The van der Waals surface area contributed by atoms with Gasteiger partial charge in [0.05, 0.1) is 20.3 Å². The molecule has 0 radical (unpaired) electrons. The summed E-state index contributed by atoms with van der Waals surface area (Å²) in [5, 5.41) is 0. The van der Waals surface area contributed by atoms with Crippen molar-refractivity contribution >= 4 is 11.9 Å². The number of Topliss-reactive ketones (excluding diaryl/α,β-unsaturated/α-hetero) is 1. The number of hydrogen-bond donors (Lipinski definition) is 0. The standard InChI is InChI=1S/C19H25NO3/c1-22-18-6-3-15(4-7-18)12-17-5-2-16(13-19(17)21)14-20-8-10-23-11-9-20/h3-4,6-7,12,16H,2,5,8-11,13-14H2,1H3/b17-12-. The third-order valence-corrected chi connectivity index (χ3v) is 4.73. The first kappa shape index (κ1) is 16.2. The topological polar surface area (TPSA) is 38.8 Å². The van der Waals surface area contributed by atoms with Gasteiger partial charge in [0.2, 0.25) is 0 Å². The Labute approximate surface area is 138 Å². The van der Waals surface area contributed by atoms with Crippen molar-refractivity contribution in [1.82, 2.24) is 4.90 Å². The number of nitrogens with zero attached hydrogens (tertiary/aromatic N) is 1. The Bertz CT molecular complexity index is 558. The second-order valence-corrected chi connectivity index (χ2v) is 6.39. The van der Waals surface area contributed by atoms with Crippen molar-refractivity contribution in [1.29, 1.82) is 0 Å². The highest BCUT2D eigenvalue weighted by molar-refractivity contribution is 6.00. The summed E-state index contributed by atoms with van der Waals surface area (Å²) in [6, 6.07) is 7.86. The molecule has 2 aliphatic rings. The van der Waals surface area contributed by atoms with E-state index in [-0.39, 0.29) is 0 Å². The molecule has 0 bridgehead atoms. The molecule has 1 saturated heterocycles. The van der Waals surface area contributed by atoms with Crippen LogP contribution in [0.1, 0.15) is 24.8 Å². The highest BCUT2D eigenvalue weighted by Crippen LogP contribution is 2.28. The van der Waals surface area contributed by atoms with Gasteiger partial charge >= 0.3 is 0 Å². The lowest BCUT2D eigenvalue weighted by Gasteiger charge is -2.32. The first-order valence-corrected chi connectivity index (χ1v) is 8.42. The molecule has 2 fully saturated rings. The molecule has 124 valence electrons. The lowest BCUT2D eigenvalue weighted by atomic mass is 9.83. The Morgan fingerprint density at radius 2 is 2.00 bits per heavy atom. The van der Waals surface area contributed by atoms with E-state index < -0.39 is 0 Å². The number of ether oxygens (including phenoxy) is 2. The molecular formula is C19H25NO3. The van der Waals surface area contributed by atoms with Crippen molar-refractivity contribution in [2.75, 3.05) is 40.0 Å². The lowest BCUT2D eigenvalue weighted by molar-refractivity contribution is -0.117. The van der Waals surface area contributed by atoms with Crippen LogP contribution in [-0.2, 0) is 9.53 Å². The van der Waals surface area contributed by atoms with Gasteiger partial charge in [-0.25, -0.2) is 0 Å². The summed E-state index contributed by atoms with van der Waals surface area (Å²) >= 11 is 0. The summed E-state index contributed by atoms with van der Waals surface area (Å²) in [5.41, 5.74) is 2.04. The summed E-state index contributed by atoms with van der Waals surface area (Å²) in [4.78, 5) is 14.9. The molecule has 1 aromatic carbocycles. The van der Waals surface area contributed by atoms with Crippen LogP contribution < -0.4 is 4.74 Å². The molecule has 4 heteroatoms. The molecule has 3 rings (SSSR count). The number of hydrogen-bond acceptors (Lipinski definition) is 4. The Hall–Kier alpha value is -1.65. The molecule has 1 aliphatic heterocycles. The van der Waals surface area contributed by atoms with Crippen molar-refractivity contribution in [2.45, 2.75) is 19.3 Å². The Morgan fingerprint density at radius 1 is 1.26 bits per heavy atom. The smallest absolute Gasteiger partial charge is 0.159 e. The zero-order valence-corrected chi connectivity index (χ0v) is 13.8. The average Bonchev–Trinajstić information content (AvgIpc) is 2.59. The molecule has 4 nitrogen and oxygen atoms in total. The lowest BCUT2D eigenvalue weighted by Crippen LogP contribution is -2.40. The quantitative estimate of drug-likeness (QED) is 0.801. The molecule has 1 heterocycles. The molecule has 0 aromatic heterocycles. The van der Waals surface area contributed by atoms with E-state index in [1.54, 1.807) is 7.11 Å². The molecule has 23 heavy (non-hydrogen) atoms. The van der Waals surface area contributed by atoms with Gasteiger partial charge in [0.1, 0.15) is 5.75 Å². The Morgan fingerprint density at radius 3 is 2.65 bits per heavy atom. The molecule has 1 aromatic rings. The molecule has 1 saturated carbocycles. The number of morpholine rings is 1. The first-order chi connectivity index (χ1) is 11.2. The van der Waals surface area contributed by atoms with E-state index in [9.17, 15) is 4.79 Å². The van der Waals surface area contributed by atoms with Crippen LogP contribution >= 0.6 is 0 Å². The maximum atomic E-state index is 12.4. The van der Waals surface area contributed by atoms with Gasteiger partial charge in [0.25, 0.3) is 0 Å². The fraction of sp³-hybridized carbons (Fsp3) is 0.526. The summed E-state index contributed by atoms with van der Waals surface area (Å²) < 4.78 is 10.5. The predicted octanol–water partition coefficient (Wildman–Crippen LogP) is 2.78. The molecule has 0 amide bonds. The fourth-order valence-corrected chi connectivity index (χ4v) is 3.35. The van der Waals surface area contributed by atoms with Crippen molar-refractivity contribution in [3.05, 3.63) is 35.4 Å². The summed E-state index contributed by atoms with van der Waals surface area (Å²) in [6.07, 6.45) is 4.71. The average molecular weight is 315 g/mol. The molecule has 0 N–H and O–H groups in total. The van der Waals surface area contributed by atoms with E-state index in [2.05, 4.69) is 4.90 Å². The van der Waals surface area contributed by atoms with Gasteiger partial charge in [-0.3, -0.25) is 9.69 Å². The second kappa shape index (κ2) is 7.75. The van der Waals surface area contributed by atoms with Crippen molar-refractivity contribution in [3.8, 4) is 5.75 Å². The number of carbonyl (C=O) groups is 1. The summed E-state index contributed by atoms with van der Waals surface area (Å²) in [6.45, 7) is 4.68. The van der Waals surface area contributed by atoms with E-state index in [1.165, 1.54) is 0 Å². The molecule has 1 aliphatic carbocycles. The predicted molar refractivity (Wildman–Crippen MR) is 90.6 cm³/mol. The van der Waals surface area contributed by atoms with Gasteiger partial charge in [0.15, 0.2) is 5.78 Å². The minimum absolute atomic E-state index is 0.310.